The van der Waals surface area contributed by atoms with E-state index in [1.165, 1.54) is 57.9 Å². The zero-order chi connectivity index (χ0) is 15.9. The second-order valence-corrected chi connectivity index (χ2v) is 7.46. The highest BCUT2D eigenvalue weighted by Crippen LogP contribution is 2.22. The zero-order valence-electron chi connectivity index (χ0n) is 14.5. The summed E-state index contributed by atoms with van der Waals surface area (Å²) >= 11 is 0. The van der Waals surface area contributed by atoms with Crippen LogP contribution in [0.1, 0.15) is 51.4 Å². The van der Waals surface area contributed by atoms with Crippen molar-refractivity contribution < 1.29 is 9.53 Å². The average molecular weight is 323 g/mol. The van der Waals surface area contributed by atoms with Crippen LogP contribution in [0.15, 0.2) is 0 Å². The van der Waals surface area contributed by atoms with Gasteiger partial charge in [0.2, 0.25) is 0 Å². The van der Waals surface area contributed by atoms with Crippen LogP contribution in [0.5, 0.6) is 0 Å². The zero-order valence-corrected chi connectivity index (χ0v) is 14.5. The summed E-state index contributed by atoms with van der Waals surface area (Å²) in [4.78, 5) is 16.9. The van der Waals surface area contributed by atoms with Gasteiger partial charge in [-0.15, -0.1) is 0 Å². The van der Waals surface area contributed by atoms with Gasteiger partial charge >= 0.3 is 6.03 Å². The fourth-order valence-electron chi connectivity index (χ4n) is 4.13. The van der Waals surface area contributed by atoms with E-state index in [9.17, 15) is 4.79 Å². The normalized spacial score (nSPS) is 25.5. The van der Waals surface area contributed by atoms with Gasteiger partial charge in [-0.25, -0.2) is 4.79 Å². The number of ether oxygens (including phenoxy) is 1. The maximum absolute atomic E-state index is 12.4. The van der Waals surface area contributed by atoms with Crippen molar-refractivity contribution in [3.05, 3.63) is 0 Å². The third kappa shape index (κ3) is 5.35. The first-order valence-electron chi connectivity index (χ1n) is 9.67. The Morgan fingerprint density at radius 3 is 2.35 bits per heavy atom. The molecule has 2 saturated heterocycles. The number of hydrogen-bond donors (Lipinski definition) is 1. The first-order chi connectivity index (χ1) is 11.3. The molecule has 0 aromatic rings. The Kier molecular flexibility index (Phi) is 6.57. The molecular formula is C18H33N3O2. The van der Waals surface area contributed by atoms with E-state index in [0.717, 1.165) is 45.3 Å². The number of hydrogen-bond acceptors (Lipinski definition) is 3. The SMILES string of the molecule is O=C(NC1CCCCC1)N1CCC(CCN2CCOCC2)CC1. The summed E-state index contributed by atoms with van der Waals surface area (Å²) in [6.45, 7) is 7.02. The number of carbonyl (C=O) groups excluding carboxylic acids is 1. The lowest BCUT2D eigenvalue weighted by atomic mass is 9.93. The Labute approximate surface area is 140 Å². The number of carbonyl (C=O) groups is 1. The summed E-state index contributed by atoms with van der Waals surface area (Å²) < 4.78 is 5.40. The van der Waals surface area contributed by atoms with Crippen molar-refractivity contribution in [3.63, 3.8) is 0 Å². The van der Waals surface area contributed by atoms with Gasteiger partial charge in [-0.05, 0) is 44.6 Å². The molecule has 5 nitrogen and oxygen atoms in total. The molecule has 0 aromatic heterocycles. The topological polar surface area (TPSA) is 44.8 Å². The van der Waals surface area contributed by atoms with Crippen molar-refractivity contribution in [2.45, 2.75) is 57.4 Å². The molecule has 2 amide bonds. The van der Waals surface area contributed by atoms with E-state index in [1.54, 1.807) is 0 Å². The number of urea groups is 1. The molecule has 0 aromatic carbocycles. The Morgan fingerprint density at radius 1 is 0.957 bits per heavy atom. The standard InChI is InChI=1S/C18H33N3O2/c22-18(19-17-4-2-1-3-5-17)21-10-7-16(8-11-21)6-9-20-12-14-23-15-13-20/h16-17H,1-15H2,(H,19,22). The summed E-state index contributed by atoms with van der Waals surface area (Å²) in [7, 11) is 0. The Hall–Kier alpha value is -0.810. The lowest BCUT2D eigenvalue weighted by Crippen LogP contribution is -2.48. The van der Waals surface area contributed by atoms with Crippen LogP contribution in [0.25, 0.3) is 0 Å². The number of nitrogens with one attached hydrogen (secondary N) is 1. The quantitative estimate of drug-likeness (QED) is 0.864. The number of piperidine rings is 1. The van der Waals surface area contributed by atoms with Gasteiger partial charge in [0.05, 0.1) is 13.2 Å². The lowest BCUT2D eigenvalue weighted by Gasteiger charge is -2.35. The van der Waals surface area contributed by atoms with Crippen molar-refractivity contribution in [2.24, 2.45) is 5.92 Å². The number of morpholine rings is 1. The molecule has 1 N–H and O–H groups in total. The minimum atomic E-state index is 0.184. The van der Waals surface area contributed by atoms with Gasteiger partial charge in [-0.1, -0.05) is 19.3 Å². The molecule has 1 saturated carbocycles. The molecule has 132 valence electrons. The van der Waals surface area contributed by atoms with Crippen molar-refractivity contribution >= 4 is 6.03 Å². The number of nitrogens with zero attached hydrogens (tertiary/aromatic N) is 2. The van der Waals surface area contributed by atoms with E-state index in [0.29, 0.717) is 6.04 Å². The molecule has 3 rings (SSSR count). The van der Waals surface area contributed by atoms with Gasteiger partial charge in [0.1, 0.15) is 0 Å². The molecular weight excluding hydrogens is 290 g/mol. The molecule has 2 aliphatic heterocycles. The van der Waals surface area contributed by atoms with E-state index in [2.05, 4.69) is 10.2 Å². The molecule has 0 spiro atoms. The molecule has 23 heavy (non-hydrogen) atoms. The molecule has 2 heterocycles. The van der Waals surface area contributed by atoms with Gasteiger partial charge in [-0.3, -0.25) is 4.90 Å². The number of rotatable bonds is 4. The fourth-order valence-corrected chi connectivity index (χ4v) is 4.13. The average Bonchev–Trinajstić information content (AvgIpc) is 2.62. The van der Waals surface area contributed by atoms with Crippen LogP contribution < -0.4 is 5.32 Å². The van der Waals surface area contributed by atoms with Crippen molar-refractivity contribution in [3.8, 4) is 0 Å². The van der Waals surface area contributed by atoms with Crippen molar-refractivity contribution in [1.82, 2.24) is 15.1 Å². The Bertz CT molecular complexity index is 357. The molecule has 0 atom stereocenters. The van der Waals surface area contributed by atoms with Crippen LogP contribution in [-0.4, -0.2) is 67.8 Å². The third-order valence-corrected chi connectivity index (χ3v) is 5.79. The molecule has 1 aliphatic carbocycles. The smallest absolute Gasteiger partial charge is 0.317 e. The predicted octanol–water partition coefficient (Wildman–Crippen LogP) is 2.46. The first kappa shape index (κ1) is 17.0. The maximum Gasteiger partial charge on any atom is 0.317 e. The van der Waals surface area contributed by atoms with Crippen LogP contribution in [-0.2, 0) is 4.74 Å². The lowest BCUT2D eigenvalue weighted by molar-refractivity contribution is 0.0339. The summed E-state index contributed by atoms with van der Waals surface area (Å²) in [5.74, 6) is 0.788. The van der Waals surface area contributed by atoms with E-state index in [4.69, 9.17) is 4.74 Å². The van der Waals surface area contributed by atoms with Crippen LogP contribution in [0.2, 0.25) is 0 Å². The molecule has 0 bridgehead atoms. The molecule has 0 unspecified atom stereocenters. The summed E-state index contributed by atoms with van der Waals surface area (Å²) in [5, 5.41) is 3.25. The maximum atomic E-state index is 12.4. The van der Waals surface area contributed by atoms with Gasteiger partial charge in [0.25, 0.3) is 0 Å². The van der Waals surface area contributed by atoms with Crippen molar-refractivity contribution in [2.75, 3.05) is 45.9 Å². The summed E-state index contributed by atoms with van der Waals surface area (Å²) in [6, 6.07) is 0.610. The number of amides is 2. The van der Waals surface area contributed by atoms with Gasteiger partial charge in [-0.2, -0.15) is 0 Å². The van der Waals surface area contributed by atoms with Crippen molar-refractivity contribution in [1.29, 1.82) is 0 Å². The highest BCUT2D eigenvalue weighted by Gasteiger charge is 2.25. The molecule has 3 aliphatic rings. The Balaban J connectivity index is 1.32. The van der Waals surface area contributed by atoms with Crippen LogP contribution in [0, 0.1) is 5.92 Å². The first-order valence-corrected chi connectivity index (χ1v) is 9.67. The van der Waals surface area contributed by atoms with E-state index < -0.39 is 0 Å². The second kappa shape index (κ2) is 8.88. The molecule has 3 fully saturated rings. The molecule has 0 radical (unpaired) electrons. The highest BCUT2D eigenvalue weighted by molar-refractivity contribution is 5.74. The summed E-state index contributed by atoms with van der Waals surface area (Å²) in [6.07, 6.45) is 9.83. The highest BCUT2D eigenvalue weighted by atomic mass is 16.5. The largest absolute Gasteiger partial charge is 0.379 e. The molecule has 5 heteroatoms. The van der Waals surface area contributed by atoms with Gasteiger partial charge in [0, 0.05) is 32.2 Å². The fraction of sp³-hybridized carbons (Fsp3) is 0.944. The van der Waals surface area contributed by atoms with Crippen LogP contribution >= 0.6 is 0 Å². The minimum absolute atomic E-state index is 0.184. The van der Waals surface area contributed by atoms with E-state index in [-0.39, 0.29) is 6.03 Å². The Morgan fingerprint density at radius 2 is 1.65 bits per heavy atom. The van der Waals surface area contributed by atoms with Gasteiger partial charge < -0.3 is 15.0 Å². The van der Waals surface area contributed by atoms with Crippen LogP contribution in [0.4, 0.5) is 4.79 Å². The predicted molar refractivity (Wildman–Crippen MR) is 91.6 cm³/mol. The van der Waals surface area contributed by atoms with Gasteiger partial charge in [0.15, 0.2) is 0 Å². The van der Waals surface area contributed by atoms with E-state index >= 15 is 0 Å². The second-order valence-electron chi connectivity index (χ2n) is 7.46. The van der Waals surface area contributed by atoms with Crippen LogP contribution in [0.3, 0.4) is 0 Å². The van der Waals surface area contributed by atoms with E-state index in [1.807, 2.05) is 4.90 Å². The minimum Gasteiger partial charge on any atom is -0.379 e. The third-order valence-electron chi connectivity index (χ3n) is 5.79. The summed E-state index contributed by atoms with van der Waals surface area (Å²) in [5.41, 5.74) is 0. The monoisotopic (exact) mass is 323 g/mol. The number of likely N-dealkylation sites (tertiary alicyclic amines) is 1.